The van der Waals surface area contributed by atoms with E-state index in [-0.39, 0.29) is 5.91 Å². The highest BCUT2D eigenvalue weighted by Gasteiger charge is 2.16. The zero-order valence-corrected chi connectivity index (χ0v) is 11.8. The fourth-order valence-corrected chi connectivity index (χ4v) is 2.51. The van der Waals surface area contributed by atoms with E-state index in [0.29, 0.717) is 6.42 Å². The SMILES string of the molecule is Nc1cc2c(cc1NCCCc1ncc[nH]1)NC(=O)CC2. The Morgan fingerprint density at radius 3 is 3.05 bits per heavy atom. The van der Waals surface area contributed by atoms with Gasteiger partial charge in [-0.3, -0.25) is 4.79 Å². The molecule has 1 aliphatic rings. The molecule has 6 nitrogen and oxygen atoms in total. The highest BCUT2D eigenvalue weighted by molar-refractivity contribution is 5.95. The normalized spacial score (nSPS) is 13.6. The molecule has 0 aliphatic carbocycles. The van der Waals surface area contributed by atoms with Gasteiger partial charge < -0.3 is 21.4 Å². The molecule has 1 amide bonds. The van der Waals surface area contributed by atoms with Crippen molar-refractivity contribution in [2.45, 2.75) is 25.7 Å². The summed E-state index contributed by atoms with van der Waals surface area (Å²) in [5, 5.41) is 6.21. The lowest BCUT2D eigenvalue weighted by Gasteiger charge is -2.19. The van der Waals surface area contributed by atoms with Crippen LogP contribution >= 0.6 is 0 Å². The minimum atomic E-state index is 0.0658. The van der Waals surface area contributed by atoms with Gasteiger partial charge in [-0.25, -0.2) is 4.98 Å². The predicted octanol–water partition coefficient (Wildman–Crippen LogP) is 1.92. The van der Waals surface area contributed by atoms with Crippen LogP contribution in [0.2, 0.25) is 0 Å². The quantitative estimate of drug-likeness (QED) is 0.498. The summed E-state index contributed by atoms with van der Waals surface area (Å²) in [4.78, 5) is 18.7. The Labute approximate surface area is 123 Å². The first-order chi connectivity index (χ1) is 10.2. The molecule has 1 aliphatic heterocycles. The third-order valence-corrected chi connectivity index (χ3v) is 3.63. The number of nitrogens with two attached hydrogens (primary N) is 1. The number of rotatable bonds is 5. The van der Waals surface area contributed by atoms with Gasteiger partial charge in [0.15, 0.2) is 0 Å². The molecule has 21 heavy (non-hydrogen) atoms. The molecule has 0 radical (unpaired) electrons. The number of imidazole rings is 1. The summed E-state index contributed by atoms with van der Waals surface area (Å²) >= 11 is 0. The van der Waals surface area contributed by atoms with Gasteiger partial charge in [-0.05, 0) is 30.5 Å². The fourth-order valence-electron chi connectivity index (χ4n) is 2.51. The second-order valence-electron chi connectivity index (χ2n) is 5.21. The number of aromatic amines is 1. The van der Waals surface area contributed by atoms with Gasteiger partial charge in [0, 0.05) is 37.5 Å². The summed E-state index contributed by atoms with van der Waals surface area (Å²) in [6.07, 6.45) is 6.71. The van der Waals surface area contributed by atoms with E-state index in [1.54, 1.807) is 6.20 Å². The van der Waals surface area contributed by atoms with Crippen molar-refractivity contribution in [1.29, 1.82) is 0 Å². The van der Waals surface area contributed by atoms with Crippen molar-refractivity contribution in [3.8, 4) is 0 Å². The summed E-state index contributed by atoms with van der Waals surface area (Å²) in [6, 6.07) is 3.87. The zero-order chi connectivity index (χ0) is 14.7. The van der Waals surface area contributed by atoms with Gasteiger partial charge in [-0.2, -0.15) is 0 Å². The number of H-pyrrole nitrogens is 1. The Bertz CT molecular complexity index is 636. The van der Waals surface area contributed by atoms with Gasteiger partial charge in [0.2, 0.25) is 5.91 Å². The lowest BCUT2D eigenvalue weighted by molar-refractivity contribution is -0.116. The molecule has 6 heteroatoms. The molecule has 0 spiro atoms. The number of hydrogen-bond acceptors (Lipinski definition) is 4. The average Bonchev–Trinajstić information content (AvgIpc) is 2.97. The van der Waals surface area contributed by atoms with Gasteiger partial charge in [0.05, 0.1) is 11.4 Å². The van der Waals surface area contributed by atoms with Crippen LogP contribution in [0.1, 0.15) is 24.2 Å². The highest BCUT2D eigenvalue weighted by atomic mass is 16.1. The second kappa shape index (κ2) is 5.87. The molecule has 0 atom stereocenters. The van der Waals surface area contributed by atoms with Crippen LogP contribution in [0, 0.1) is 0 Å². The van der Waals surface area contributed by atoms with E-state index < -0.39 is 0 Å². The number of nitrogens with zero attached hydrogens (tertiary/aromatic N) is 1. The first-order valence-electron chi connectivity index (χ1n) is 7.17. The molecule has 0 unspecified atom stereocenters. The lowest BCUT2D eigenvalue weighted by Crippen LogP contribution is -2.19. The molecule has 1 aromatic carbocycles. The van der Waals surface area contributed by atoms with Crippen molar-refractivity contribution in [3.05, 3.63) is 35.9 Å². The summed E-state index contributed by atoms with van der Waals surface area (Å²) in [7, 11) is 0. The molecular formula is C15H19N5O. The number of anilines is 3. The Morgan fingerprint density at radius 2 is 2.24 bits per heavy atom. The number of hydrogen-bond donors (Lipinski definition) is 4. The van der Waals surface area contributed by atoms with Crippen molar-refractivity contribution in [2.75, 3.05) is 22.9 Å². The topological polar surface area (TPSA) is 95.8 Å². The maximum atomic E-state index is 11.4. The smallest absolute Gasteiger partial charge is 0.224 e. The van der Waals surface area contributed by atoms with Crippen molar-refractivity contribution in [1.82, 2.24) is 9.97 Å². The minimum absolute atomic E-state index is 0.0658. The number of nitrogen functional groups attached to an aromatic ring is 1. The van der Waals surface area contributed by atoms with Crippen LogP contribution in [0.25, 0.3) is 0 Å². The minimum Gasteiger partial charge on any atom is -0.397 e. The third kappa shape index (κ3) is 3.16. The number of benzene rings is 1. The summed E-state index contributed by atoms with van der Waals surface area (Å²) in [6.45, 7) is 0.803. The van der Waals surface area contributed by atoms with Crippen LogP contribution in [0.15, 0.2) is 24.5 Å². The van der Waals surface area contributed by atoms with E-state index in [0.717, 1.165) is 54.3 Å². The van der Waals surface area contributed by atoms with Crippen LogP contribution in [-0.4, -0.2) is 22.4 Å². The Balaban J connectivity index is 1.60. The molecule has 0 fully saturated rings. The molecule has 2 aromatic rings. The second-order valence-corrected chi connectivity index (χ2v) is 5.21. The maximum Gasteiger partial charge on any atom is 0.224 e. The monoisotopic (exact) mass is 285 g/mol. The number of fused-ring (bicyclic) bond motifs is 1. The number of nitrogens with one attached hydrogen (secondary N) is 3. The Hall–Kier alpha value is -2.50. The van der Waals surface area contributed by atoms with Crippen LogP contribution in [0.3, 0.4) is 0 Å². The number of carbonyl (C=O) groups is 1. The van der Waals surface area contributed by atoms with Gasteiger partial charge in [0.1, 0.15) is 5.82 Å². The highest BCUT2D eigenvalue weighted by Crippen LogP contribution is 2.30. The van der Waals surface area contributed by atoms with Crippen LogP contribution in [-0.2, 0) is 17.6 Å². The van der Waals surface area contributed by atoms with Gasteiger partial charge >= 0.3 is 0 Å². The fraction of sp³-hybridized carbons (Fsp3) is 0.333. The molecule has 0 saturated heterocycles. The molecule has 1 aromatic heterocycles. The zero-order valence-electron chi connectivity index (χ0n) is 11.8. The van der Waals surface area contributed by atoms with E-state index in [1.165, 1.54) is 0 Å². The van der Waals surface area contributed by atoms with Gasteiger partial charge in [-0.1, -0.05) is 0 Å². The van der Waals surface area contributed by atoms with E-state index in [9.17, 15) is 4.79 Å². The van der Waals surface area contributed by atoms with Gasteiger partial charge in [0.25, 0.3) is 0 Å². The summed E-state index contributed by atoms with van der Waals surface area (Å²) < 4.78 is 0. The first kappa shape index (κ1) is 13.5. The molecule has 0 bridgehead atoms. The van der Waals surface area contributed by atoms with Crippen molar-refractivity contribution < 1.29 is 4.79 Å². The number of carbonyl (C=O) groups excluding carboxylic acids is 1. The number of aryl methyl sites for hydroxylation is 2. The first-order valence-corrected chi connectivity index (χ1v) is 7.17. The third-order valence-electron chi connectivity index (χ3n) is 3.63. The molecule has 5 N–H and O–H groups in total. The van der Waals surface area contributed by atoms with Crippen molar-refractivity contribution in [3.63, 3.8) is 0 Å². The number of aromatic nitrogens is 2. The molecule has 2 heterocycles. The van der Waals surface area contributed by atoms with Crippen LogP contribution in [0.4, 0.5) is 17.1 Å². The van der Waals surface area contributed by atoms with E-state index in [4.69, 9.17) is 5.73 Å². The van der Waals surface area contributed by atoms with E-state index in [2.05, 4.69) is 20.6 Å². The van der Waals surface area contributed by atoms with Crippen LogP contribution in [0.5, 0.6) is 0 Å². The summed E-state index contributed by atoms with van der Waals surface area (Å²) in [5.41, 5.74) is 9.63. The van der Waals surface area contributed by atoms with E-state index in [1.807, 2.05) is 18.3 Å². The van der Waals surface area contributed by atoms with Crippen LogP contribution < -0.4 is 16.4 Å². The Kier molecular flexibility index (Phi) is 3.77. The standard InChI is InChI=1S/C15H19N5O/c16-11-8-10-3-4-15(21)20-12(10)9-13(11)17-5-1-2-14-18-6-7-19-14/h6-9,17H,1-5,16H2,(H,18,19)(H,20,21). The van der Waals surface area contributed by atoms with Crippen molar-refractivity contribution >= 4 is 23.0 Å². The molecule has 3 rings (SSSR count). The lowest BCUT2D eigenvalue weighted by atomic mass is 10.0. The molecule has 110 valence electrons. The Morgan fingerprint density at radius 1 is 1.33 bits per heavy atom. The maximum absolute atomic E-state index is 11.4. The number of amides is 1. The molecular weight excluding hydrogens is 266 g/mol. The van der Waals surface area contributed by atoms with Gasteiger partial charge in [-0.15, -0.1) is 0 Å². The molecule has 0 saturated carbocycles. The van der Waals surface area contributed by atoms with E-state index >= 15 is 0 Å². The average molecular weight is 285 g/mol. The summed E-state index contributed by atoms with van der Waals surface area (Å²) in [5.74, 6) is 1.05. The largest absolute Gasteiger partial charge is 0.397 e. The van der Waals surface area contributed by atoms with Crippen molar-refractivity contribution in [2.24, 2.45) is 0 Å². The predicted molar refractivity (Wildman–Crippen MR) is 83.2 cm³/mol.